The summed E-state index contributed by atoms with van der Waals surface area (Å²) in [5.41, 5.74) is 8.53. The van der Waals surface area contributed by atoms with Gasteiger partial charge >= 0.3 is 0 Å². The zero-order valence-corrected chi connectivity index (χ0v) is 10.2. The molecular weight excluding hydrogens is 198 g/mol. The summed E-state index contributed by atoms with van der Waals surface area (Å²) >= 11 is 0. The maximum absolute atomic E-state index is 5.95. The molecule has 88 valence electrons. The second-order valence-corrected chi connectivity index (χ2v) is 4.71. The fourth-order valence-electron chi connectivity index (χ4n) is 2.68. The lowest BCUT2D eigenvalue weighted by atomic mass is 10.0. The van der Waals surface area contributed by atoms with Crippen molar-refractivity contribution in [3.8, 4) is 0 Å². The van der Waals surface area contributed by atoms with E-state index in [0.29, 0.717) is 18.6 Å². The second kappa shape index (κ2) is 4.93. The smallest absolute Gasteiger partial charge is 0.0491 e. The summed E-state index contributed by atoms with van der Waals surface area (Å²) in [5, 5.41) is 0. The first-order valence-electron chi connectivity index (χ1n) is 6.10. The highest BCUT2D eigenvalue weighted by molar-refractivity contribution is 5.25. The molecule has 0 spiro atoms. The van der Waals surface area contributed by atoms with Crippen molar-refractivity contribution in [2.24, 2.45) is 5.73 Å². The molecule has 2 unspecified atom stereocenters. The highest BCUT2D eigenvalue weighted by atomic mass is 15.2. The van der Waals surface area contributed by atoms with Crippen molar-refractivity contribution in [1.29, 1.82) is 0 Å². The molecule has 2 N–H and O–H groups in total. The molecule has 1 saturated heterocycles. The van der Waals surface area contributed by atoms with Gasteiger partial charge in [0.1, 0.15) is 0 Å². The lowest BCUT2D eigenvalue weighted by molar-refractivity contribution is 0.194. The van der Waals surface area contributed by atoms with Crippen LogP contribution in [0, 0.1) is 6.92 Å². The van der Waals surface area contributed by atoms with Gasteiger partial charge in [0.05, 0.1) is 0 Å². The van der Waals surface area contributed by atoms with Crippen molar-refractivity contribution in [1.82, 2.24) is 9.88 Å². The van der Waals surface area contributed by atoms with Crippen molar-refractivity contribution >= 4 is 0 Å². The molecule has 3 heteroatoms. The van der Waals surface area contributed by atoms with Gasteiger partial charge in [-0.3, -0.25) is 9.88 Å². The molecule has 0 aromatic carbocycles. The normalized spacial score (nSPS) is 23.6. The monoisotopic (exact) mass is 219 g/mol. The predicted octanol–water partition coefficient (Wildman–Crippen LogP) is 1.87. The Hall–Kier alpha value is -0.930. The molecule has 0 radical (unpaired) electrons. The van der Waals surface area contributed by atoms with Crippen LogP contribution in [0.15, 0.2) is 18.5 Å². The number of rotatable bonds is 3. The highest BCUT2D eigenvalue weighted by Gasteiger charge is 2.28. The first kappa shape index (κ1) is 11.6. The van der Waals surface area contributed by atoms with E-state index in [1.807, 2.05) is 12.4 Å². The average Bonchev–Trinajstić information content (AvgIpc) is 2.69. The SMILES string of the molecule is Cc1ccncc1C(CN)N1CCCC1C. The molecule has 16 heavy (non-hydrogen) atoms. The van der Waals surface area contributed by atoms with Crippen LogP contribution < -0.4 is 5.73 Å². The highest BCUT2D eigenvalue weighted by Crippen LogP contribution is 2.29. The van der Waals surface area contributed by atoms with Gasteiger partial charge in [0.2, 0.25) is 0 Å². The zero-order chi connectivity index (χ0) is 11.5. The van der Waals surface area contributed by atoms with Crippen LogP contribution in [0.2, 0.25) is 0 Å². The van der Waals surface area contributed by atoms with Gasteiger partial charge in [-0.05, 0) is 50.4 Å². The minimum absolute atomic E-state index is 0.339. The Morgan fingerprint density at radius 2 is 2.44 bits per heavy atom. The van der Waals surface area contributed by atoms with Crippen LogP contribution in [0.5, 0.6) is 0 Å². The summed E-state index contributed by atoms with van der Waals surface area (Å²) in [6, 6.07) is 3.05. The summed E-state index contributed by atoms with van der Waals surface area (Å²) in [5.74, 6) is 0. The molecule has 0 saturated carbocycles. The Morgan fingerprint density at radius 3 is 3.00 bits per heavy atom. The molecule has 0 amide bonds. The Labute approximate surface area is 97.7 Å². The Kier molecular flexibility index (Phi) is 3.56. The molecule has 2 heterocycles. The van der Waals surface area contributed by atoms with Gasteiger partial charge < -0.3 is 5.73 Å². The summed E-state index contributed by atoms with van der Waals surface area (Å²) in [7, 11) is 0. The maximum atomic E-state index is 5.95. The molecule has 2 atom stereocenters. The van der Waals surface area contributed by atoms with E-state index in [9.17, 15) is 0 Å². The lowest BCUT2D eigenvalue weighted by Gasteiger charge is -2.31. The number of aromatic nitrogens is 1. The number of pyridine rings is 1. The van der Waals surface area contributed by atoms with Gasteiger partial charge in [0.15, 0.2) is 0 Å². The number of nitrogens with zero attached hydrogens (tertiary/aromatic N) is 2. The largest absolute Gasteiger partial charge is 0.329 e. The van der Waals surface area contributed by atoms with Crippen LogP contribution in [0.25, 0.3) is 0 Å². The van der Waals surface area contributed by atoms with E-state index in [1.54, 1.807) is 0 Å². The van der Waals surface area contributed by atoms with Crippen molar-refractivity contribution < 1.29 is 0 Å². The molecule has 1 aromatic rings. The van der Waals surface area contributed by atoms with Crippen LogP contribution in [0.4, 0.5) is 0 Å². The molecule has 1 aliphatic rings. The molecular formula is C13H21N3. The Bertz CT molecular complexity index is 351. The molecule has 3 nitrogen and oxygen atoms in total. The topological polar surface area (TPSA) is 42.1 Å². The van der Waals surface area contributed by atoms with Crippen molar-refractivity contribution in [2.75, 3.05) is 13.1 Å². The van der Waals surface area contributed by atoms with E-state index in [4.69, 9.17) is 5.73 Å². The van der Waals surface area contributed by atoms with Crippen molar-refractivity contribution in [2.45, 2.75) is 38.8 Å². The third-order valence-electron chi connectivity index (χ3n) is 3.67. The van der Waals surface area contributed by atoms with Crippen LogP contribution >= 0.6 is 0 Å². The van der Waals surface area contributed by atoms with Crippen LogP contribution in [0.1, 0.15) is 36.9 Å². The molecule has 2 rings (SSSR count). The van der Waals surface area contributed by atoms with Gasteiger partial charge in [-0.2, -0.15) is 0 Å². The van der Waals surface area contributed by atoms with Crippen LogP contribution in [0.3, 0.4) is 0 Å². The molecule has 1 aliphatic heterocycles. The van der Waals surface area contributed by atoms with Gasteiger partial charge in [-0.15, -0.1) is 0 Å². The molecule has 0 aliphatic carbocycles. The number of hydrogen-bond donors (Lipinski definition) is 1. The van der Waals surface area contributed by atoms with E-state index in [0.717, 1.165) is 6.54 Å². The number of nitrogens with two attached hydrogens (primary N) is 1. The van der Waals surface area contributed by atoms with Crippen LogP contribution in [-0.2, 0) is 0 Å². The number of likely N-dealkylation sites (tertiary alicyclic amines) is 1. The fraction of sp³-hybridized carbons (Fsp3) is 0.615. The second-order valence-electron chi connectivity index (χ2n) is 4.71. The third kappa shape index (κ3) is 2.11. The lowest BCUT2D eigenvalue weighted by Crippen LogP contribution is -2.36. The summed E-state index contributed by atoms with van der Waals surface area (Å²) in [6.07, 6.45) is 6.39. The van der Waals surface area contributed by atoms with E-state index in [-0.39, 0.29) is 0 Å². The van der Waals surface area contributed by atoms with E-state index in [1.165, 1.54) is 24.0 Å². The summed E-state index contributed by atoms with van der Waals surface area (Å²) < 4.78 is 0. The number of hydrogen-bond acceptors (Lipinski definition) is 3. The Morgan fingerprint density at radius 1 is 1.62 bits per heavy atom. The van der Waals surface area contributed by atoms with Gasteiger partial charge in [-0.1, -0.05) is 0 Å². The van der Waals surface area contributed by atoms with Crippen molar-refractivity contribution in [3.63, 3.8) is 0 Å². The average molecular weight is 219 g/mol. The quantitative estimate of drug-likeness (QED) is 0.844. The van der Waals surface area contributed by atoms with Crippen LogP contribution in [-0.4, -0.2) is 29.0 Å². The van der Waals surface area contributed by atoms with E-state index < -0.39 is 0 Å². The standard InChI is InChI=1S/C13H21N3/c1-10-5-6-15-9-12(10)13(8-14)16-7-3-4-11(16)2/h5-6,9,11,13H,3-4,7-8,14H2,1-2H3. The summed E-state index contributed by atoms with van der Waals surface area (Å²) in [6.45, 7) is 6.27. The fourth-order valence-corrected chi connectivity index (χ4v) is 2.68. The number of aryl methyl sites for hydroxylation is 1. The predicted molar refractivity (Wildman–Crippen MR) is 66.2 cm³/mol. The van der Waals surface area contributed by atoms with Crippen molar-refractivity contribution in [3.05, 3.63) is 29.6 Å². The summed E-state index contributed by atoms with van der Waals surface area (Å²) in [4.78, 5) is 6.75. The van der Waals surface area contributed by atoms with E-state index >= 15 is 0 Å². The minimum Gasteiger partial charge on any atom is -0.329 e. The van der Waals surface area contributed by atoms with Gasteiger partial charge in [0, 0.05) is 31.0 Å². The first-order valence-corrected chi connectivity index (χ1v) is 6.10. The zero-order valence-electron chi connectivity index (χ0n) is 10.2. The third-order valence-corrected chi connectivity index (χ3v) is 3.67. The van der Waals surface area contributed by atoms with Gasteiger partial charge in [-0.25, -0.2) is 0 Å². The molecule has 1 aromatic heterocycles. The van der Waals surface area contributed by atoms with E-state index in [2.05, 4.69) is 29.8 Å². The first-order chi connectivity index (χ1) is 7.74. The maximum Gasteiger partial charge on any atom is 0.0491 e. The Balaban J connectivity index is 2.25. The molecule has 1 fully saturated rings. The van der Waals surface area contributed by atoms with Gasteiger partial charge in [0.25, 0.3) is 0 Å². The minimum atomic E-state index is 0.339. The molecule has 0 bridgehead atoms.